The number of aryl methyl sites for hydroxylation is 1. The third-order valence-electron chi connectivity index (χ3n) is 14.8. The van der Waals surface area contributed by atoms with Crippen LogP contribution in [0.4, 0.5) is 26.3 Å². The molecule has 3 aromatic rings. The number of alkyl halides is 2. The first-order valence-corrected chi connectivity index (χ1v) is 22.8. The number of hydrogen-bond acceptors (Lipinski definition) is 2. The number of fused-ring (bicyclic) bond motifs is 1. The summed E-state index contributed by atoms with van der Waals surface area (Å²) < 4.78 is 94.3. The molecule has 334 valence electrons. The topological polar surface area (TPSA) is 18.5 Å². The van der Waals surface area contributed by atoms with E-state index in [9.17, 15) is 26.3 Å². The van der Waals surface area contributed by atoms with E-state index < -0.39 is 40.7 Å². The maximum atomic E-state index is 14.5. The van der Waals surface area contributed by atoms with E-state index in [4.69, 9.17) is 9.47 Å². The lowest BCUT2D eigenvalue weighted by atomic mass is 9.69. The highest BCUT2D eigenvalue weighted by Gasteiger charge is 2.53. The number of hydrogen-bond donors (Lipinski definition) is 0. The minimum atomic E-state index is -3.24. The van der Waals surface area contributed by atoms with Gasteiger partial charge in [0.25, 0.3) is 5.92 Å². The Kier molecular flexibility index (Phi) is 16.0. The average Bonchev–Trinajstić information content (AvgIpc) is 3.52. The van der Waals surface area contributed by atoms with Gasteiger partial charge in [-0.15, -0.1) is 0 Å². The molecule has 0 radical (unpaired) electrons. The van der Waals surface area contributed by atoms with Gasteiger partial charge in [0, 0.05) is 23.8 Å². The standard InChI is InChI=1S/C21H38O.C16H18F4.C14H12F2O.4H2/c1-16-3-9-19(10-4-16)20-11-7-18(8-12-20)15-22-21-13-5-17(2)6-14-21;1-9-2-4-10(5-3-9)12-8-11-6-7-13(17)15(18)14(11)16(12,19)20;1-9-3-5-10(6-4-9)11-7-8-12(17-2)14(16)13(11)15;;;;/h16-21H,3-15H2,1-2H3;6-7,9-10,12H,2-5,8H2,1H3;3-8H,1-2H3;4*1H. The molecule has 2 nitrogen and oxygen atoms in total. The Labute approximate surface area is 356 Å². The second-order valence-corrected chi connectivity index (χ2v) is 19.2. The molecule has 0 saturated heterocycles. The summed E-state index contributed by atoms with van der Waals surface area (Å²) in [7, 11) is 1.31. The zero-order chi connectivity index (χ0) is 42.3. The number of ether oxygens (including phenoxy) is 2. The van der Waals surface area contributed by atoms with Crippen LogP contribution in [0.1, 0.15) is 146 Å². The van der Waals surface area contributed by atoms with E-state index in [0.717, 1.165) is 73.5 Å². The highest BCUT2D eigenvalue weighted by molar-refractivity contribution is 5.65. The van der Waals surface area contributed by atoms with Crippen LogP contribution in [0, 0.1) is 77.5 Å². The number of halogens is 6. The lowest BCUT2D eigenvalue weighted by molar-refractivity contribution is -0.0839. The maximum absolute atomic E-state index is 14.5. The second kappa shape index (κ2) is 20.7. The summed E-state index contributed by atoms with van der Waals surface area (Å²) in [4.78, 5) is 0. The molecular weight excluding hydrogens is 759 g/mol. The summed E-state index contributed by atoms with van der Waals surface area (Å²) >= 11 is 0. The van der Waals surface area contributed by atoms with Gasteiger partial charge in [-0.1, -0.05) is 82.3 Å². The molecule has 0 spiro atoms. The highest BCUT2D eigenvalue weighted by Crippen LogP contribution is 2.53. The smallest absolute Gasteiger partial charge is 0.279 e. The molecule has 59 heavy (non-hydrogen) atoms. The van der Waals surface area contributed by atoms with E-state index in [1.165, 1.54) is 102 Å². The highest BCUT2D eigenvalue weighted by atomic mass is 19.3. The van der Waals surface area contributed by atoms with Crippen molar-refractivity contribution in [2.45, 2.75) is 149 Å². The van der Waals surface area contributed by atoms with Gasteiger partial charge in [-0.2, -0.15) is 4.39 Å². The molecule has 5 aliphatic carbocycles. The van der Waals surface area contributed by atoms with Crippen molar-refractivity contribution in [2.75, 3.05) is 13.7 Å². The molecule has 5 aliphatic rings. The first-order valence-electron chi connectivity index (χ1n) is 22.8. The zero-order valence-corrected chi connectivity index (χ0v) is 36.1. The van der Waals surface area contributed by atoms with Crippen LogP contribution in [-0.2, 0) is 17.1 Å². The molecular formula is C51H76F6O2. The lowest BCUT2D eigenvalue weighted by Gasteiger charge is -2.37. The van der Waals surface area contributed by atoms with Crippen LogP contribution >= 0.6 is 0 Å². The second-order valence-electron chi connectivity index (χ2n) is 19.2. The van der Waals surface area contributed by atoms with Crippen LogP contribution in [0.15, 0.2) is 48.5 Å². The predicted molar refractivity (Wildman–Crippen MR) is 234 cm³/mol. The van der Waals surface area contributed by atoms with Gasteiger partial charge >= 0.3 is 0 Å². The first-order chi connectivity index (χ1) is 28.2. The Bertz CT molecular complexity index is 1780. The fourth-order valence-electron chi connectivity index (χ4n) is 10.7. The normalized spacial score (nSPS) is 30.3. The Morgan fingerprint density at radius 1 is 0.593 bits per heavy atom. The molecule has 3 aromatic carbocycles. The number of rotatable bonds is 7. The van der Waals surface area contributed by atoms with Gasteiger partial charge in [-0.25, -0.2) is 22.0 Å². The molecule has 0 N–H and O–H groups in total. The predicted octanol–water partition coefficient (Wildman–Crippen LogP) is 16.2. The molecule has 0 heterocycles. The van der Waals surface area contributed by atoms with E-state index in [-0.39, 0.29) is 34.9 Å². The molecule has 0 bridgehead atoms. The largest absolute Gasteiger partial charge is 0.494 e. The van der Waals surface area contributed by atoms with Crippen LogP contribution in [0.2, 0.25) is 0 Å². The minimum Gasteiger partial charge on any atom is -0.494 e. The van der Waals surface area contributed by atoms with Gasteiger partial charge in [0.2, 0.25) is 5.82 Å². The molecule has 4 saturated carbocycles. The van der Waals surface area contributed by atoms with E-state index in [1.54, 1.807) is 12.1 Å². The molecule has 4 fully saturated rings. The van der Waals surface area contributed by atoms with Gasteiger partial charge < -0.3 is 9.47 Å². The van der Waals surface area contributed by atoms with E-state index in [1.807, 2.05) is 19.1 Å². The van der Waals surface area contributed by atoms with Gasteiger partial charge in [0.15, 0.2) is 23.2 Å². The van der Waals surface area contributed by atoms with Gasteiger partial charge in [-0.3, -0.25) is 0 Å². The Morgan fingerprint density at radius 2 is 1.12 bits per heavy atom. The van der Waals surface area contributed by atoms with Crippen molar-refractivity contribution >= 4 is 0 Å². The summed E-state index contributed by atoms with van der Waals surface area (Å²) in [6.45, 7) is 9.97. The van der Waals surface area contributed by atoms with Gasteiger partial charge in [-0.05, 0) is 161 Å². The van der Waals surface area contributed by atoms with Crippen molar-refractivity contribution in [1.82, 2.24) is 0 Å². The van der Waals surface area contributed by atoms with E-state index >= 15 is 0 Å². The SMILES string of the molecule is CC1CCC(C2Cc3ccc(F)c(F)c3C2(F)F)CC1.CC1CCC(OCC2CCC(C3CCC(C)CC3)CC2)CC1.COc1ccc(-c2ccc(C)cc2)c(F)c1F.[HH].[HH].[HH].[HH]. The fourth-order valence-corrected chi connectivity index (χ4v) is 10.7. The van der Waals surface area contributed by atoms with Crippen LogP contribution < -0.4 is 4.74 Å². The Balaban J connectivity index is 0.000000318. The third kappa shape index (κ3) is 11.5. The molecule has 8 heteroatoms. The van der Waals surface area contributed by atoms with Crippen LogP contribution in [0.25, 0.3) is 11.1 Å². The van der Waals surface area contributed by atoms with Crippen molar-refractivity contribution in [2.24, 2.45) is 47.3 Å². The molecule has 0 aliphatic heterocycles. The lowest BCUT2D eigenvalue weighted by Crippen LogP contribution is -2.31. The fraction of sp³-hybridized carbons (Fsp3) is 0.647. The summed E-state index contributed by atoms with van der Waals surface area (Å²) in [5.41, 5.74) is 1.54. The number of methoxy groups -OCH3 is 1. The summed E-state index contributed by atoms with van der Waals surface area (Å²) in [6, 6.07) is 12.4. The van der Waals surface area contributed by atoms with Gasteiger partial charge in [0.05, 0.1) is 18.8 Å². The number of benzene rings is 3. The Hall–Kier alpha value is -3.00. The molecule has 0 aromatic heterocycles. The summed E-state index contributed by atoms with van der Waals surface area (Å²) in [5, 5.41) is 0. The maximum Gasteiger partial charge on any atom is 0.279 e. The van der Waals surface area contributed by atoms with Crippen molar-refractivity contribution in [3.05, 3.63) is 88.5 Å². The molecule has 1 atom stereocenters. The van der Waals surface area contributed by atoms with Crippen molar-refractivity contribution in [3.63, 3.8) is 0 Å². The summed E-state index contributed by atoms with van der Waals surface area (Å²) in [5.74, 6) is -3.15. The van der Waals surface area contributed by atoms with E-state index in [2.05, 4.69) is 20.8 Å². The van der Waals surface area contributed by atoms with Crippen molar-refractivity contribution in [3.8, 4) is 16.9 Å². The van der Waals surface area contributed by atoms with Crippen LogP contribution in [-0.4, -0.2) is 19.8 Å². The monoisotopic (exact) mass is 835 g/mol. The van der Waals surface area contributed by atoms with Crippen molar-refractivity contribution in [1.29, 1.82) is 0 Å². The van der Waals surface area contributed by atoms with Crippen molar-refractivity contribution < 1.29 is 41.5 Å². The molecule has 0 amide bonds. The quantitative estimate of drug-likeness (QED) is 0.221. The summed E-state index contributed by atoms with van der Waals surface area (Å²) in [6.07, 6.45) is 21.5. The van der Waals surface area contributed by atoms with Crippen LogP contribution in [0.3, 0.4) is 0 Å². The van der Waals surface area contributed by atoms with Gasteiger partial charge in [0.1, 0.15) is 0 Å². The molecule has 1 unspecified atom stereocenters. The zero-order valence-electron chi connectivity index (χ0n) is 36.1. The average molecular weight is 835 g/mol. The Morgan fingerprint density at radius 3 is 1.68 bits per heavy atom. The third-order valence-corrected chi connectivity index (χ3v) is 14.8. The first kappa shape index (κ1) is 45.5. The minimum absolute atomic E-state index is 0. The van der Waals surface area contributed by atoms with Crippen LogP contribution in [0.5, 0.6) is 5.75 Å². The van der Waals surface area contributed by atoms with E-state index in [0.29, 0.717) is 17.6 Å². The molecule has 8 rings (SSSR count).